The van der Waals surface area contributed by atoms with Crippen LogP contribution in [0.5, 0.6) is 0 Å². The van der Waals surface area contributed by atoms with Gasteiger partial charge in [0.05, 0.1) is 74.9 Å². The fraction of sp³-hybridized carbons (Fsp3) is 0.367. The van der Waals surface area contributed by atoms with Gasteiger partial charge in [-0.2, -0.15) is 0 Å². The van der Waals surface area contributed by atoms with E-state index in [1.165, 1.54) is 10.9 Å². The van der Waals surface area contributed by atoms with Crippen molar-refractivity contribution in [2.24, 2.45) is 0 Å². The molecule has 0 bridgehead atoms. The largest absolute Gasteiger partial charge is 0.397 e. The highest BCUT2D eigenvalue weighted by Crippen LogP contribution is 2.32. The smallest absolute Gasteiger partial charge is 0.277 e. The van der Waals surface area contributed by atoms with Gasteiger partial charge in [0.25, 0.3) is 17.7 Å². The number of nitrogens with zero attached hydrogens (tertiary/aromatic N) is 4. The Kier molecular flexibility index (Phi) is 10.6. The topological polar surface area (TPSA) is 209 Å². The number of nitrogens with two attached hydrogens (primary N) is 1. The molecule has 0 spiro atoms. The molecule has 3 aromatic rings. The van der Waals surface area contributed by atoms with Crippen molar-refractivity contribution in [3.63, 3.8) is 0 Å². The lowest BCUT2D eigenvalue weighted by Crippen LogP contribution is -2.54. The molecule has 0 radical (unpaired) electrons. The van der Waals surface area contributed by atoms with Crippen LogP contribution in [0.1, 0.15) is 44.0 Å². The van der Waals surface area contributed by atoms with E-state index in [1.54, 1.807) is 42.5 Å². The molecule has 1 saturated heterocycles. The average Bonchev–Trinajstić information content (AvgIpc) is 3.62. The molecule has 16 heteroatoms. The molecule has 5 rings (SSSR count). The third-order valence-corrected chi connectivity index (χ3v) is 7.22. The van der Waals surface area contributed by atoms with E-state index in [-0.39, 0.29) is 29.7 Å². The van der Waals surface area contributed by atoms with Crippen LogP contribution >= 0.6 is 0 Å². The number of aromatic nitrogens is 3. The van der Waals surface area contributed by atoms with Gasteiger partial charge in [-0.1, -0.05) is 23.4 Å². The summed E-state index contributed by atoms with van der Waals surface area (Å²) in [5.74, 6) is -2.62. The molecule has 5 N–H and O–H groups in total. The van der Waals surface area contributed by atoms with Gasteiger partial charge in [0, 0.05) is 18.7 Å². The van der Waals surface area contributed by atoms with Crippen LogP contribution in [0.15, 0.2) is 48.7 Å². The van der Waals surface area contributed by atoms with Crippen LogP contribution in [0.3, 0.4) is 0 Å². The number of rotatable bonds is 16. The number of ether oxygens (including phenoxy) is 3. The average molecular weight is 635 g/mol. The van der Waals surface area contributed by atoms with Gasteiger partial charge in [-0.3, -0.25) is 34.2 Å². The highest BCUT2D eigenvalue weighted by atomic mass is 16.5. The van der Waals surface area contributed by atoms with Crippen LogP contribution in [0, 0.1) is 0 Å². The first-order chi connectivity index (χ1) is 22.3. The van der Waals surface area contributed by atoms with Crippen molar-refractivity contribution in [1.82, 2.24) is 25.2 Å². The van der Waals surface area contributed by atoms with Crippen LogP contribution in [-0.4, -0.2) is 102 Å². The van der Waals surface area contributed by atoms with Gasteiger partial charge in [0.1, 0.15) is 6.04 Å². The number of fused-ring (bicyclic) bond motifs is 1. The van der Waals surface area contributed by atoms with Crippen molar-refractivity contribution in [2.75, 3.05) is 62.6 Å². The van der Waals surface area contributed by atoms with Crippen molar-refractivity contribution in [1.29, 1.82) is 0 Å². The first-order valence-corrected chi connectivity index (χ1v) is 14.7. The van der Waals surface area contributed by atoms with E-state index in [1.807, 2.05) is 0 Å². The normalized spacial score (nSPS) is 16.0. The Labute approximate surface area is 263 Å². The van der Waals surface area contributed by atoms with Crippen LogP contribution in [-0.2, 0) is 30.3 Å². The van der Waals surface area contributed by atoms with Crippen molar-refractivity contribution in [3.05, 3.63) is 65.5 Å². The molecular weight excluding hydrogens is 600 g/mol. The molecule has 1 fully saturated rings. The van der Waals surface area contributed by atoms with Gasteiger partial charge in [0.2, 0.25) is 11.8 Å². The molecule has 242 valence electrons. The fourth-order valence-electron chi connectivity index (χ4n) is 4.93. The Balaban J connectivity index is 0.923. The fourth-order valence-corrected chi connectivity index (χ4v) is 4.93. The SMILES string of the molecule is Nc1ccccc1NC(=O)c1cn(CCOCCOCCOCCNc2cccc3c2C(=O)N(C2CCC(=O)NC2=O)C3=O)nn1. The number of carbonyl (C=O) groups excluding carboxylic acids is 5. The lowest BCUT2D eigenvalue weighted by molar-refractivity contribution is -0.136. The van der Waals surface area contributed by atoms with Gasteiger partial charge in [-0.05, 0) is 30.7 Å². The highest BCUT2D eigenvalue weighted by molar-refractivity contribution is 6.25. The van der Waals surface area contributed by atoms with E-state index >= 15 is 0 Å². The van der Waals surface area contributed by atoms with Crippen molar-refractivity contribution < 1.29 is 38.2 Å². The summed E-state index contributed by atoms with van der Waals surface area (Å²) in [4.78, 5) is 63.1. The highest BCUT2D eigenvalue weighted by Gasteiger charge is 2.45. The predicted molar refractivity (Wildman–Crippen MR) is 163 cm³/mol. The molecule has 46 heavy (non-hydrogen) atoms. The zero-order valence-electron chi connectivity index (χ0n) is 24.9. The Morgan fingerprint density at radius 2 is 1.63 bits per heavy atom. The van der Waals surface area contributed by atoms with Gasteiger partial charge in [0.15, 0.2) is 5.69 Å². The van der Waals surface area contributed by atoms with E-state index < -0.39 is 35.6 Å². The third-order valence-electron chi connectivity index (χ3n) is 7.22. The lowest BCUT2D eigenvalue weighted by Gasteiger charge is -2.27. The minimum Gasteiger partial charge on any atom is -0.397 e. The lowest BCUT2D eigenvalue weighted by atomic mass is 10.0. The van der Waals surface area contributed by atoms with Gasteiger partial charge >= 0.3 is 0 Å². The Morgan fingerprint density at radius 3 is 2.39 bits per heavy atom. The second-order valence-electron chi connectivity index (χ2n) is 10.3. The van der Waals surface area contributed by atoms with E-state index in [0.29, 0.717) is 69.8 Å². The molecule has 1 atom stereocenters. The maximum Gasteiger partial charge on any atom is 0.277 e. The van der Waals surface area contributed by atoms with E-state index in [0.717, 1.165) is 4.90 Å². The predicted octanol–water partition coefficient (Wildman–Crippen LogP) is 0.676. The maximum absolute atomic E-state index is 13.1. The Hall–Kier alpha value is -5.19. The minimum absolute atomic E-state index is 0.0588. The summed E-state index contributed by atoms with van der Waals surface area (Å²) in [6, 6.07) is 10.8. The first-order valence-electron chi connectivity index (χ1n) is 14.7. The molecule has 5 amide bonds. The quantitative estimate of drug-likeness (QED) is 0.0974. The number of para-hydroxylation sites is 2. The summed E-state index contributed by atoms with van der Waals surface area (Å²) in [5, 5.41) is 15.8. The first kappa shape index (κ1) is 32.2. The number of carbonyl (C=O) groups is 5. The summed E-state index contributed by atoms with van der Waals surface area (Å²) in [6.07, 6.45) is 1.68. The number of nitrogens with one attached hydrogen (secondary N) is 3. The monoisotopic (exact) mass is 634 g/mol. The van der Waals surface area contributed by atoms with Crippen LogP contribution < -0.4 is 21.7 Å². The number of imide groups is 2. The molecule has 2 aliphatic rings. The van der Waals surface area contributed by atoms with Crippen LogP contribution in [0.25, 0.3) is 0 Å². The summed E-state index contributed by atoms with van der Waals surface area (Å²) < 4.78 is 18.2. The molecule has 16 nitrogen and oxygen atoms in total. The molecule has 2 aliphatic heterocycles. The number of anilines is 3. The summed E-state index contributed by atoms with van der Waals surface area (Å²) >= 11 is 0. The number of amides is 5. The number of hydrogen-bond donors (Lipinski definition) is 4. The zero-order valence-corrected chi connectivity index (χ0v) is 24.9. The van der Waals surface area contributed by atoms with E-state index in [4.69, 9.17) is 19.9 Å². The molecule has 0 saturated carbocycles. The van der Waals surface area contributed by atoms with E-state index in [9.17, 15) is 24.0 Å². The minimum atomic E-state index is -1.02. The van der Waals surface area contributed by atoms with Crippen LogP contribution in [0.4, 0.5) is 17.1 Å². The number of nitrogen functional groups attached to an aromatic ring is 1. The summed E-state index contributed by atoms with van der Waals surface area (Å²) in [7, 11) is 0. The Morgan fingerprint density at radius 1 is 0.913 bits per heavy atom. The van der Waals surface area contributed by atoms with Crippen LogP contribution in [0.2, 0.25) is 0 Å². The maximum atomic E-state index is 13.1. The number of benzene rings is 2. The van der Waals surface area contributed by atoms with Gasteiger partial charge in [-0.25, -0.2) is 4.68 Å². The molecule has 2 aromatic carbocycles. The second kappa shape index (κ2) is 15.2. The van der Waals surface area contributed by atoms with E-state index in [2.05, 4.69) is 26.3 Å². The molecular formula is C30H34N8O8. The standard InChI is InChI=1S/C30H34N8O8/c31-20-5-1-2-6-21(20)33-27(40)23-18-37(36-35-23)11-13-45-15-17-46-16-14-44-12-10-32-22-7-3-4-19-26(22)30(43)38(29(19)42)24-8-9-25(39)34-28(24)41/h1-7,18,24,32H,8-17,31H2,(H,33,40)(H,34,39,41). The summed E-state index contributed by atoms with van der Waals surface area (Å²) in [5.41, 5.74) is 7.83. The van der Waals surface area contributed by atoms with Crippen molar-refractivity contribution in [3.8, 4) is 0 Å². The second-order valence-corrected chi connectivity index (χ2v) is 10.3. The summed E-state index contributed by atoms with van der Waals surface area (Å²) in [6.45, 7) is 2.86. The van der Waals surface area contributed by atoms with Gasteiger partial charge < -0.3 is 30.6 Å². The Bertz CT molecular complexity index is 1610. The molecule has 1 unspecified atom stereocenters. The van der Waals surface area contributed by atoms with Crippen molar-refractivity contribution in [2.45, 2.75) is 25.4 Å². The number of piperidine rings is 1. The van der Waals surface area contributed by atoms with Gasteiger partial charge in [-0.15, -0.1) is 5.10 Å². The zero-order chi connectivity index (χ0) is 32.5. The molecule has 3 heterocycles. The third kappa shape index (κ3) is 7.71. The van der Waals surface area contributed by atoms with Crippen molar-refractivity contribution >= 4 is 46.6 Å². The number of hydrogen-bond acceptors (Lipinski definition) is 12. The molecule has 1 aromatic heterocycles. The molecule has 0 aliphatic carbocycles.